The second kappa shape index (κ2) is 5.35. The Bertz CT molecular complexity index is 368. The fourth-order valence-corrected chi connectivity index (χ4v) is 1.69. The second-order valence-electron chi connectivity index (χ2n) is 3.16. The molecule has 1 aromatic rings. The van der Waals surface area contributed by atoms with Gasteiger partial charge in [-0.25, -0.2) is 0 Å². The van der Waals surface area contributed by atoms with Crippen molar-refractivity contribution in [1.29, 1.82) is 0 Å². The molecule has 0 spiro atoms. The number of carbonyl (C=O) groups is 1. The third kappa shape index (κ3) is 3.38. The smallest absolute Gasteiger partial charge is 0.237 e. The zero-order chi connectivity index (χ0) is 11.4. The van der Waals surface area contributed by atoms with E-state index in [-0.39, 0.29) is 5.91 Å². The summed E-state index contributed by atoms with van der Waals surface area (Å²) in [6.07, 6.45) is 0.398. The van der Waals surface area contributed by atoms with Gasteiger partial charge in [-0.3, -0.25) is 4.79 Å². The Kier molecular flexibility index (Phi) is 4.39. The molecule has 0 aliphatic rings. The summed E-state index contributed by atoms with van der Waals surface area (Å²) in [6.45, 7) is 0. The zero-order valence-corrected chi connectivity index (χ0v) is 9.77. The van der Waals surface area contributed by atoms with E-state index in [1.807, 2.05) is 0 Å². The summed E-state index contributed by atoms with van der Waals surface area (Å²) in [5.74, 6) is -0.207. The van der Waals surface area contributed by atoms with Gasteiger partial charge in [0.25, 0.3) is 0 Å². The van der Waals surface area contributed by atoms with E-state index in [9.17, 15) is 4.79 Å². The van der Waals surface area contributed by atoms with Gasteiger partial charge < -0.3 is 11.1 Å². The highest BCUT2D eigenvalue weighted by atomic mass is 35.5. The minimum atomic E-state index is -0.589. The van der Waals surface area contributed by atoms with Crippen LogP contribution in [0.4, 0.5) is 0 Å². The third-order valence-electron chi connectivity index (χ3n) is 2.04. The van der Waals surface area contributed by atoms with Gasteiger partial charge in [0.1, 0.15) is 0 Å². The molecule has 1 aromatic carbocycles. The van der Waals surface area contributed by atoms with Gasteiger partial charge in [0.2, 0.25) is 5.91 Å². The van der Waals surface area contributed by atoms with Gasteiger partial charge in [0, 0.05) is 17.1 Å². The minimum absolute atomic E-state index is 0.207. The van der Waals surface area contributed by atoms with E-state index in [4.69, 9.17) is 28.9 Å². The summed E-state index contributed by atoms with van der Waals surface area (Å²) >= 11 is 11.7. The van der Waals surface area contributed by atoms with E-state index in [0.29, 0.717) is 16.5 Å². The molecule has 1 rings (SSSR count). The molecule has 0 heterocycles. The highest BCUT2D eigenvalue weighted by Crippen LogP contribution is 2.21. The van der Waals surface area contributed by atoms with E-state index in [1.54, 1.807) is 25.2 Å². The first-order chi connectivity index (χ1) is 7.04. The van der Waals surface area contributed by atoms with Crippen molar-refractivity contribution in [1.82, 2.24) is 5.32 Å². The van der Waals surface area contributed by atoms with Crippen molar-refractivity contribution >= 4 is 29.1 Å². The van der Waals surface area contributed by atoms with Crippen LogP contribution in [0.1, 0.15) is 5.56 Å². The largest absolute Gasteiger partial charge is 0.358 e. The van der Waals surface area contributed by atoms with E-state index < -0.39 is 6.04 Å². The first kappa shape index (κ1) is 12.3. The normalized spacial score (nSPS) is 12.3. The number of halogens is 2. The molecule has 0 radical (unpaired) electrons. The lowest BCUT2D eigenvalue weighted by molar-refractivity contribution is -0.121. The summed E-state index contributed by atoms with van der Waals surface area (Å²) in [7, 11) is 1.55. The van der Waals surface area contributed by atoms with Crippen LogP contribution >= 0.6 is 23.2 Å². The Morgan fingerprint density at radius 2 is 2.20 bits per heavy atom. The van der Waals surface area contributed by atoms with E-state index in [1.165, 1.54) is 0 Å². The lowest BCUT2D eigenvalue weighted by atomic mass is 10.1. The fourth-order valence-electron chi connectivity index (χ4n) is 1.20. The van der Waals surface area contributed by atoms with E-state index in [0.717, 1.165) is 5.56 Å². The zero-order valence-electron chi connectivity index (χ0n) is 8.26. The Morgan fingerprint density at radius 1 is 1.53 bits per heavy atom. The first-order valence-corrected chi connectivity index (χ1v) is 5.21. The molecule has 5 heteroatoms. The Morgan fingerprint density at radius 3 is 2.73 bits per heavy atom. The van der Waals surface area contributed by atoms with Gasteiger partial charge in [0.15, 0.2) is 0 Å². The predicted molar refractivity (Wildman–Crippen MR) is 62.2 cm³/mol. The highest BCUT2D eigenvalue weighted by molar-refractivity contribution is 6.35. The molecular weight excluding hydrogens is 235 g/mol. The van der Waals surface area contributed by atoms with Crippen LogP contribution in [0.3, 0.4) is 0 Å². The number of nitrogens with one attached hydrogen (secondary N) is 1. The molecule has 0 unspecified atom stereocenters. The molecule has 0 aliphatic heterocycles. The van der Waals surface area contributed by atoms with Crippen molar-refractivity contribution in [2.45, 2.75) is 12.5 Å². The standard InChI is InChI=1S/C10H12Cl2N2O/c1-14-10(15)9(13)4-6-2-3-7(11)5-8(6)12/h2-3,5,9H,4,13H2,1H3,(H,14,15)/t9-/m1/s1. The second-order valence-corrected chi connectivity index (χ2v) is 4.00. The number of carbonyl (C=O) groups excluding carboxylic acids is 1. The fraction of sp³-hybridized carbons (Fsp3) is 0.300. The number of hydrogen-bond donors (Lipinski definition) is 2. The van der Waals surface area contributed by atoms with E-state index >= 15 is 0 Å². The molecule has 0 saturated heterocycles. The van der Waals surface area contributed by atoms with Gasteiger partial charge in [-0.05, 0) is 24.1 Å². The van der Waals surface area contributed by atoms with Crippen molar-refractivity contribution in [3.8, 4) is 0 Å². The van der Waals surface area contributed by atoms with Crippen LogP contribution in [0.2, 0.25) is 10.0 Å². The Labute approximate surface area is 98.5 Å². The van der Waals surface area contributed by atoms with Crippen LogP contribution in [0, 0.1) is 0 Å². The molecule has 0 bridgehead atoms. The molecule has 3 N–H and O–H groups in total. The van der Waals surface area contributed by atoms with Crippen LogP contribution in [0.15, 0.2) is 18.2 Å². The van der Waals surface area contributed by atoms with Crippen molar-refractivity contribution in [2.24, 2.45) is 5.73 Å². The lowest BCUT2D eigenvalue weighted by Crippen LogP contribution is -2.40. The summed E-state index contributed by atoms with van der Waals surface area (Å²) in [5.41, 5.74) is 6.48. The SMILES string of the molecule is CNC(=O)[C@H](N)Cc1ccc(Cl)cc1Cl. The summed E-state index contributed by atoms with van der Waals surface area (Å²) in [5, 5.41) is 3.58. The van der Waals surface area contributed by atoms with Crippen LogP contribution in [-0.4, -0.2) is 19.0 Å². The molecule has 0 aliphatic carbocycles. The van der Waals surface area contributed by atoms with Crippen molar-refractivity contribution < 1.29 is 4.79 Å². The lowest BCUT2D eigenvalue weighted by Gasteiger charge is -2.11. The maximum Gasteiger partial charge on any atom is 0.237 e. The average Bonchev–Trinajstić information content (AvgIpc) is 2.20. The molecule has 0 aromatic heterocycles. The molecule has 3 nitrogen and oxygen atoms in total. The van der Waals surface area contributed by atoms with Crippen molar-refractivity contribution in [3.05, 3.63) is 33.8 Å². The van der Waals surface area contributed by atoms with Crippen LogP contribution in [0.5, 0.6) is 0 Å². The number of hydrogen-bond acceptors (Lipinski definition) is 2. The molecule has 15 heavy (non-hydrogen) atoms. The van der Waals surface area contributed by atoms with Gasteiger partial charge in [-0.1, -0.05) is 29.3 Å². The maximum absolute atomic E-state index is 11.2. The number of amides is 1. The molecule has 0 fully saturated rings. The molecule has 82 valence electrons. The number of nitrogens with two attached hydrogens (primary N) is 1. The number of rotatable bonds is 3. The topological polar surface area (TPSA) is 55.1 Å². The van der Waals surface area contributed by atoms with Gasteiger partial charge in [-0.2, -0.15) is 0 Å². The Hall–Kier alpha value is -0.770. The van der Waals surface area contributed by atoms with Crippen molar-refractivity contribution in [3.63, 3.8) is 0 Å². The van der Waals surface area contributed by atoms with Crippen LogP contribution in [0.25, 0.3) is 0 Å². The maximum atomic E-state index is 11.2. The number of likely N-dealkylation sites (N-methyl/N-ethyl adjacent to an activating group) is 1. The molecular formula is C10H12Cl2N2O. The summed E-state index contributed by atoms with van der Waals surface area (Å²) < 4.78 is 0. The molecule has 1 atom stereocenters. The highest BCUT2D eigenvalue weighted by Gasteiger charge is 2.13. The minimum Gasteiger partial charge on any atom is -0.358 e. The third-order valence-corrected chi connectivity index (χ3v) is 2.63. The van der Waals surface area contributed by atoms with Crippen LogP contribution in [-0.2, 0) is 11.2 Å². The first-order valence-electron chi connectivity index (χ1n) is 4.45. The summed E-state index contributed by atoms with van der Waals surface area (Å²) in [4.78, 5) is 11.2. The molecule has 0 saturated carbocycles. The quantitative estimate of drug-likeness (QED) is 0.852. The van der Waals surface area contributed by atoms with E-state index in [2.05, 4.69) is 5.32 Å². The average molecular weight is 247 g/mol. The van der Waals surface area contributed by atoms with Gasteiger partial charge >= 0.3 is 0 Å². The predicted octanol–water partition coefficient (Wildman–Crippen LogP) is 1.61. The van der Waals surface area contributed by atoms with Crippen molar-refractivity contribution in [2.75, 3.05) is 7.05 Å². The monoisotopic (exact) mass is 246 g/mol. The van der Waals surface area contributed by atoms with Gasteiger partial charge in [0.05, 0.1) is 6.04 Å². The number of benzene rings is 1. The Balaban J connectivity index is 2.76. The summed E-state index contributed by atoms with van der Waals surface area (Å²) in [6, 6.07) is 4.54. The van der Waals surface area contributed by atoms with Crippen LogP contribution < -0.4 is 11.1 Å². The molecule has 1 amide bonds. The van der Waals surface area contributed by atoms with Gasteiger partial charge in [-0.15, -0.1) is 0 Å².